The maximum Gasteiger partial charge on any atom is 0.266 e. The second-order valence-electron chi connectivity index (χ2n) is 6.22. The number of amides is 1. The Morgan fingerprint density at radius 3 is 2.84 bits per heavy atom. The quantitative estimate of drug-likeness (QED) is 0.785. The molecule has 130 valence electrons. The number of nitrogens with zero attached hydrogens (tertiary/aromatic N) is 4. The molecule has 7 heteroatoms. The number of fused-ring (bicyclic) bond motifs is 1. The average Bonchev–Trinajstić information content (AvgIpc) is 2.98. The van der Waals surface area contributed by atoms with Gasteiger partial charge < -0.3 is 4.90 Å². The fourth-order valence-corrected chi connectivity index (χ4v) is 2.95. The van der Waals surface area contributed by atoms with E-state index in [-0.39, 0.29) is 23.9 Å². The van der Waals surface area contributed by atoms with Crippen molar-refractivity contribution in [3.8, 4) is 0 Å². The van der Waals surface area contributed by atoms with Crippen molar-refractivity contribution in [3.05, 3.63) is 63.5 Å². The maximum absolute atomic E-state index is 12.8. The SMILES string of the molecule is Cc1nc2cc(=O)[nH]n2c(C)c1CC(=O)N(C)[C@@H](C)c1cccnc1. The van der Waals surface area contributed by atoms with Crippen LogP contribution in [0.5, 0.6) is 0 Å². The van der Waals surface area contributed by atoms with Crippen LogP contribution in [0.3, 0.4) is 0 Å². The lowest BCUT2D eigenvalue weighted by Gasteiger charge is -2.25. The Kier molecular flexibility index (Phi) is 4.39. The number of pyridine rings is 1. The van der Waals surface area contributed by atoms with Crippen molar-refractivity contribution < 1.29 is 4.79 Å². The van der Waals surface area contributed by atoms with Crippen molar-refractivity contribution in [1.82, 2.24) is 24.5 Å². The number of rotatable bonds is 4. The first kappa shape index (κ1) is 16.9. The molecule has 0 fully saturated rings. The van der Waals surface area contributed by atoms with Gasteiger partial charge in [0.05, 0.1) is 12.5 Å². The van der Waals surface area contributed by atoms with Gasteiger partial charge in [-0.05, 0) is 32.4 Å². The summed E-state index contributed by atoms with van der Waals surface area (Å²) in [7, 11) is 1.79. The molecule has 0 bridgehead atoms. The van der Waals surface area contributed by atoms with Crippen molar-refractivity contribution >= 4 is 11.6 Å². The minimum atomic E-state index is -0.208. The highest BCUT2D eigenvalue weighted by Gasteiger charge is 2.20. The van der Waals surface area contributed by atoms with Gasteiger partial charge in [0.25, 0.3) is 5.56 Å². The van der Waals surface area contributed by atoms with Gasteiger partial charge in [0.1, 0.15) is 0 Å². The summed E-state index contributed by atoms with van der Waals surface area (Å²) in [6.07, 6.45) is 3.70. The van der Waals surface area contributed by atoms with Crippen LogP contribution in [0.1, 0.15) is 35.5 Å². The van der Waals surface area contributed by atoms with Crippen LogP contribution >= 0.6 is 0 Å². The molecule has 3 aromatic rings. The Balaban J connectivity index is 1.88. The van der Waals surface area contributed by atoms with Crippen LogP contribution < -0.4 is 5.56 Å². The van der Waals surface area contributed by atoms with Crippen LogP contribution in [0.4, 0.5) is 0 Å². The van der Waals surface area contributed by atoms with Crippen molar-refractivity contribution in [2.45, 2.75) is 33.2 Å². The van der Waals surface area contributed by atoms with E-state index in [1.807, 2.05) is 32.9 Å². The van der Waals surface area contributed by atoms with Crippen LogP contribution in [0.15, 0.2) is 35.4 Å². The summed E-state index contributed by atoms with van der Waals surface area (Å²) in [6, 6.07) is 5.18. The van der Waals surface area contributed by atoms with Crippen molar-refractivity contribution in [1.29, 1.82) is 0 Å². The Morgan fingerprint density at radius 2 is 2.16 bits per heavy atom. The summed E-state index contributed by atoms with van der Waals surface area (Å²) in [6.45, 7) is 5.71. The van der Waals surface area contributed by atoms with Crippen molar-refractivity contribution in [2.75, 3.05) is 7.05 Å². The molecule has 0 saturated heterocycles. The number of aryl methyl sites for hydroxylation is 2. The van der Waals surface area contributed by atoms with E-state index in [9.17, 15) is 9.59 Å². The number of aromatic nitrogens is 4. The fraction of sp³-hybridized carbons (Fsp3) is 0.333. The standard InChI is InChI=1S/C18H21N5O2/c1-11-15(13(3)23-16(20-11)9-17(24)21-23)8-18(25)22(4)12(2)14-6-5-7-19-10-14/h5-7,9-10,12H,8H2,1-4H3,(H,21,24)/t12-/m0/s1. The fourth-order valence-electron chi connectivity index (χ4n) is 2.95. The third-order valence-corrected chi connectivity index (χ3v) is 4.67. The van der Waals surface area contributed by atoms with E-state index in [1.54, 1.807) is 28.9 Å². The van der Waals surface area contributed by atoms with Gasteiger partial charge in [-0.3, -0.25) is 19.7 Å². The summed E-state index contributed by atoms with van der Waals surface area (Å²) in [5, 5.41) is 2.71. The maximum atomic E-state index is 12.8. The number of likely N-dealkylation sites (N-methyl/N-ethyl adjacent to an activating group) is 1. The summed E-state index contributed by atoms with van der Waals surface area (Å²) in [4.78, 5) is 34.6. The molecule has 7 nitrogen and oxygen atoms in total. The van der Waals surface area contributed by atoms with E-state index in [4.69, 9.17) is 0 Å². The molecule has 0 aliphatic carbocycles. The number of hydrogen-bond donors (Lipinski definition) is 1. The van der Waals surface area contributed by atoms with E-state index in [0.29, 0.717) is 5.65 Å². The van der Waals surface area contributed by atoms with Gasteiger partial charge in [0.2, 0.25) is 5.91 Å². The third kappa shape index (κ3) is 3.17. The summed E-state index contributed by atoms with van der Waals surface area (Å²) in [5.41, 5.74) is 3.74. The highest BCUT2D eigenvalue weighted by Crippen LogP contribution is 2.20. The normalized spacial score (nSPS) is 12.3. The van der Waals surface area contributed by atoms with Crippen molar-refractivity contribution in [2.24, 2.45) is 0 Å². The molecular formula is C18H21N5O2. The van der Waals surface area contributed by atoms with Crippen LogP contribution in [-0.2, 0) is 11.2 Å². The lowest BCUT2D eigenvalue weighted by Crippen LogP contribution is -2.31. The van der Waals surface area contributed by atoms with Gasteiger partial charge >= 0.3 is 0 Å². The Bertz CT molecular complexity index is 974. The number of hydrogen-bond acceptors (Lipinski definition) is 4. The van der Waals surface area contributed by atoms with E-state index in [1.165, 1.54) is 6.07 Å². The largest absolute Gasteiger partial charge is 0.339 e. The van der Waals surface area contributed by atoms with E-state index in [0.717, 1.165) is 22.5 Å². The Labute approximate surface area is 145 Å². The lowest BCUT2D eigenvalue weighted by atomic mass is 10.1. The molecule has 0 aromatic carbocycles. The molecule has 1 N–H and O–H groups in total. The summed E-state index contributed by atoms with van der Waals surface area (Å²) >= 11 is 0. The molecule has 0 unspecified atom stereocenters. The molecule has 0 radical (unpaired) electrons. The van der Waals surface area contributed by atoms with Crippen LogP contribution in [0, 0.1) is 13.8 Å². The van der Waals surface area contributed by atoms with Gasteiger partial charge in [0.15, 0.2) is 5.65 Å². The topological polar surface area (TPSA) is 83.4 Å². The highest BCUT2D eigenvalue weighted by molar-refractivity contribution is 5.79. The van der Waals surface area contributed by atoms with E-state index >= 15 is 0 Å². The Hall–Kier alpha value is -2.96. The molecule has 0 spiro atoms. The van der Waals surface area contributed by atoms with Gasteiger partial charge in [-0.2, -0.15) is 0 Å². The first-order chi connectivity index (χ1) is 11.9. The van der Waals surface area contributed by atoms with Crippen molar-refractivity contribution in [3.63, 3.8) is 0 Å². The average molecular weight is 339 g/mol. The molecule has 1 atom stereocenters. The molecule has 0 aliphatic heterocycles. The smallest absolute Gasteiger partial charge is 0.266 e. The number of nitrogens with one attached hydrogen (secondary N) is 1. The zero-order chi connectivity index (χ0) is 18.1. The van der Waals surface area contributed by atoms with E-state index in [2.05, 4.69) is 15.1 Å². The molecule has 25 heavy (non-hydrogen) atoms. The van der Waals surface area contributed by atoms with Crippen LogP contribution in [0.2, 0.25) is 0 Å². The van der Waals surface area contributed by atoms with Gasteiger partial charge in [-0.25, -0.2) is 9.50 Å². The molecule has 0 aliphatic rings. The summed E-state index contributed by atoms with van der Waals surface area (Å²) < 4.78 is 1.63. The molecule has 3 aromatic heterocycles. The zero-order valence-electron chi connectivity index (χ0n) is 14.8. The minimum absolute atomic E-state index is 0.0155. The summed E-state index contributed by atoms with van der Waals surface area (Å²) in [5.74, 6) is -0.0155. The predicted octanol–water partition coefficient (Wildman–Crippen LogP) is 1.80. The van der Waals surface area contributed by atoms with Gasteiger partial charge in [-0.15, -0.1) is 0 Å². The molecule has 0 saturated carbocycles. The van der Waals surface area contributed by atoms with Crippen LogP contribution in [-0.4, -0.2) is 37.4 Å². The zero-order valence-corrected chi connectivity index (χ0v) is 14.8. The number of aromatic amines is 1. The van der Waals surface area contributed by atoms with Gasteiger partial charge in [-0.1, -0.05) is 6.07 Å². The molecular weight excluding hydrogens is 318 g/mol. The monoisotopic (exact) mass is 339 g/mol. The Morgan fingerprint density at radius 1 is 1.40 bits per heavy atom. The lowest BCUT2D eigenvalue weighted by molar-refractivity contribution is -0.131. The third-order valence-electron chi connectivity index (χ3n) is 4.67. The minimum Gasteiger partial charge on any atom is -0.339 e. The second kappa shape index (κ2) is 6.51. The van der Waals surface area contributed by atoms with Crippen LogP contribution in [0.25, 0.3) is 5.65 Å². The number of carbonyl (C=O) groups is 1. The molecule has 3 heterocycles. The first-order valence-electron chi connectivity index (χ1n) is 8.12. The first-order valence-corrected chi connectivity index (χ1v) is 8.12. The van der Waals surface area contributed by atoms with E-state index < -0.39 is 0 Å². The molecule has 3 rings (SSSR count). The predicted molar refractivity (Wildman–Crippen MR) is 94.4 cm³/mol. The number of carbonyl (C=O) groups excluding carboxylic acids is 1. The second-order valence-corrected chi connectivity index (χ2v) is 6.22. The molecule has 1 amide bonds. The van der Waals surface area contributed by atoms with Gasteiger partial charge in [0, 0.05) is 42.5 Å². The highest BCUT2D eigenvalue weighted by atomic mass is 16.2. The number of H-pyrrole nitrogens is 1.